The topological polar surface area (TPSA) is 26.3 Å². The van der Waals surface area contributed by atoms with Crippen LogP contribution in [0.1, 0.15) is 21.5 Å². The molecule has 0 N–H and O–H groups in total. The van der Waals surface area contributed by atoms with E-state index in [2.05, 4.69) is 4.74 Å². The molecule has 2 aromatic carbocycles. The highest BCUT2D eigenvalue weighted by Gasteiger charge is 2.12. The van der Waals surface area contributed by atoms with Crippen LogP contribution in [0.25, 0.3) is 0 Å². The minimum absolute atomic E-state index is 0.00171. The molecule has 0 radical (unpaired) electrons. The quantitative estimate of drug-likeness (QED) is 0.774. The van der Waals surface area contributed by atoms with E-state index in [9.17, 15) is 18.0 Å². The predicted molar refractivity (Wildman–Crippen MR) is 72.2 cm³/mol. The van der Waals surface area contributed by atoms with Gasteiger partial charge in [0.25, 0.3) is 0 Å². The first-order chi connectivity index (χ1) is 9.95. The molecule has 2 aromatic rings. The van der Waals surface area contributed by atoms with Gasteiger partial charge in [-0.25, -0.2) is 4.39 Å². The normalized spacial score (nSPS) is 10.7. The molecule has 5 heteroatoms. The fourth-order valence-electron chi connectivity index (χ4n) is 1.95. The van der Waals surface area contributed by atoms with Crippen LogP contribution in [0.2, 0.25) is 0 Å². The number of hydrogen-bond acceptors (Lipinski definition) is 2. The summed E-state index contributed by atoms with van der Waals surface area (Å²) in [4.78, 5) is 12.2. The Labute approximate surface area is 120 Å². The summed E-state index contributed by atoms with van der Waals surface area (Å²) >= 11 is 0. The van der Waals surface area contributed by atoms with E-state index in [1.165, 1.54) is 36.4 Å². The molecule has 0 aliphatic carbocycles. The molecule has 0 bridgehead atoms. The number of alkyl halides is 2. The van der Waals surface area contributed by atoms with Crippen molar-refractivity contribution in [2.24, 2.45) is 0 Å². The van der Waals surface area contributed by atoms with E-state index in [0.717, 1.165) is 5.56 Å². The zero-order valence-electron chi connectivity index (χ0n) is 11.3. The molecule has 0 aromatic heterocycles. The van der Waals surface area contributed by atoms with E-state index < -0.39 is 12.4 Å². The zero-order valence-corrected chi connectivity index (χ0v) is 11.3. The zero-order chi connectivity index (χ0) is 15.4. The Kier molecular flexibility index (Phi) is 4.62. The second kappa shape index (κ2) is 6.43. The molecule has 0 amide bonds. The molecular weight excluding hydrogens is 281 g/mol. The smallest absolute Gasteiger partial charge is 0.387 e. The Morgan fingerprint density at radius 1 is 1.19 bits per heavy atom. The lowest BCUT2D eigenvalue weighted by molar-refractivity contribution is -0.0498. The van der Waals surface area contributed by atoms with Gasteiger partial charge >= 0.3 is 6.61 Å². The van der Waals surface area contributed by atoms with Gasteiger partial charge in [0.05, 0.1) is 0 Å². The highest BCUT2D eigenvalue weighted by atomic mass is 19.3. The summed E-state index contributed by atoms with van der Waals surface area (Å²) in [6.07, 6.45) is 0.00171. The number of halogens is 3. The highest BCUT2D eigenvalue weighted by Crippen LogP contribution is 2.19. The number of carbonyl (C=O) groups excluding carboxylic acids is 1. The van der Waals surface area contributed by atoms with Crippen LogP contribution in [0.15, 0.2) is 42.5 Å². The average molecular weight is 294 g/mol. The van der Waals surface area contributed by atoms with E-state index in [-0.39, 0.29) is 23.5 Å². The van der Waals surface area contributed by atoms with Crippen molar-refractivity contribution >= 4 is 5.78 Å². The molecule has 0 fully saturated rings. The third-order valence-electron chi connectivity index (χ3n) is 3.04. The second-order valence-corrected chi connectivity index (χ2v) is 4.58. The van der Waals surface area contributed by atoms with Gasteiger partial charge in [-0.3, -0.25) is 4.79 Å². The first kappa shape index (κ1) is 15.1. The molecule has 0 aliphatic heterocycles. The minimum Gasteiger partial charge on any atom is -0.435 e. The van der Waals surface area contributed by atoms with Crippen LogP contribution in [-0.2, 0) is 6.42 Å². The van der Waals surface area contributed by atoms with Crippen molar-refractivity contribution in [1.29, 1.82) is 0 Å². The molecule has 2 nitrogen and oxygen atoms in total. The van der Waals surface area contributed by atoms with Crippen LogP contribution in [0.5, 0.6) is 5.75 Å². The van der Waals surface area contributed by atoms with Gasteiger partial charge in [-0.15, -0.1) is 0 Å². The number of benzene rings is 2. The van der Waals surface area contributed by atoms with Crippen LogP contribution in [0.3, 0.4) is 0 Å². The van der Waals surface area contributed by atoms with E-state index in [4.69, 9.17) is 0 Å². The highest BCUT2D eigenvalue weighted by molar-refractivity contribution is 5.98. The van der Waals surface area contributed by atoms with Crippen LogP contribution < -0.4 is 4.74 Å². The number of ketones is 1. The maximum atomic E-state index is 13.2. The van der Waals surface area contributed by atoms with Crippen LogP contribution in [0, 0.1) is 12.7 Å². The molecular formula is C16H13F3O2. The molecule has 0 aliphatic rings. The standard InChI is InChI=1S/C16H13F3O2/c1-10-5-6-13(17)7-12(10)9-15(20)11-3-2-4-14(8-11)21-16(18)19/h2-8,16H,9H2,1H3. The van der Waals surface area contributed by atoms with Crippen molar-refractivity contribution in [3.8, 4) is 5.75 Å². The Bertz CT molecular complexity index is 654. The third kappa shape index (κ3) is 4.08. The number of carbonyl (C=O) groups is 1. The van der Waals surface area contributed by atoms with Crippen molar-refractivity contribution in [3.05, 3.63) is 65.0 Å². The van der Waals surface area contributed by atoms with Gasteiger partial charge in [-0.2, -0.15) is 8.78 Å². The molecule has 0 unspecified atom stereocenters. The van der Waals surface area contributed by atoms with Gasteiger partial charge in [0.1, 0.15) is 11.6 Å². The summed E-state index contributed by atoms with van der Waals surface area (Å²) in [6, 6.07) is 9.78. The molecule has 0 heterocycles. The van der Waals surface area contributed by atoms with Crippen molar-refractivity contribution in [1.82, 2.24) is 0 Å². The van der Waals surface area contributed by atoms with E-state index in [1.807, 2.05) is 0 Å². The average Bonchev–Trinajstić information content (AvgIpc) is 2.42. The first-order valence-corrected chi connectivity index (χ1v) is 6.29. The largest absolute Gasteiger partial charge is 0.435 e. The van der Waals surface area contributed by atoms with Crippen LogP contribution in [-0.4, -0.2) is 12.4 Å². The molecule has 0 spiro atoms. The lowest BCUT2D eigenvalue weighted by atomic mass is 9.99. The van der Waals surface area contributed by atoms with Gasteiger partial charge in [0.2, 0.25) is 0 Å². The number of ether oxygens (including phenoxy) is 1. The van der Waals surface area contributed by atoms with E-state index in [0.29, 0.717) is 5.56 Å². The molecule has 110 valence electrons. The second-order valence-electron chi connectivity index (χ2n) is 4.58. The number of aryl methyl sites for hydroxylation is 1. The lowest BCUT2D eigenvalue weighted by Crippen LogP contribution is -2.07. The SMILES string of the molecule is Cc1ccc(F)cc1CC(=O)c1cccc(OC(F)F)c1. The summed E-state index contributed by atoms with van der Waals surface area (Å²) in [7, 11) is 0. The minimum atomic E-state index is -2.94. The first-order valence-electron chi connectivity index (χ1n) is 6.29. The van der Waals surface area contributed by atoms with Crippen LogP contribution in [0.4, 0.5) is 13.2 Å². The molecule has 0 saturated heterocycles. The van der Waals surface area contributed by atoms with Crippen LogP contribution >= 0.6 is 0 Å². The summed E-state index contributed by atoms with van der Waals surface area (Å²) < 4.78 is 41.7. The number of hydrogen-bond donors (Lipinski definition) is 0. The summed E-state index contributed by atoms with van der Waals surface area (Å²) in [5.41, 5.74) is 1.61. The summed E-state index contributed by atoms with van der Waals surface area (Å²) in [5, 5.41) is 0. The fourth-order valence-corrected chi connectivity index (χ4v) is 1.95. The van der Waals surface area contributed by atoms with Crippen molar-refractivity contribution in [2.45, 2.75) is 20.0 Å². The maximum absolute atomic E-state index is 13.2. The Morgan fingerprint density at radius 2 is 1.95 bits per heavy atom. The van der Waals surface area contributed by atoms with Gasteiger partial charge in [-0.05, 0) is 42.3 Å². The molecule has 2 rings (SSSR count). The number of Topliss-reactive ketones (excluding diaryl/α,β-unsaturated/α-hetero) is 1. The monoisotopic (exact) mass is 294 g/mol. The molecule has 21 heavy (non-hydrogen) atoms. The Morgan fingerprint density at radius 3 is 2.67 bits per heavy atom. The van der Waals surface area contributed by atoms with Crippen molar-refractivity contribution in [2.75, 3.05) is 0 Å². The summed E-state index contributed by atoms with van der Waals surface area (Å²) in [6.45, 7) is -1.17. The van der Waals surface area contributed by atoms with Crippen molar-refractivity contribution < 1.29 is 22.7 Å². The van der Waals surface area contributed by atoms with Crippen molar-refractivity contribution in [3.63, 3.8) is 0 Å². The van der Waals surface area contributed by atoms with Gasteiger partial charge < -0.3 is 4.74 Å². The van der Waals surface area contributed by atoms with Gasteiger partial charge in [0.15, 0.2) is 5.78 Å². The fraction of sp³-hybridized carbons (Fsp3) is 0.188. The predicted octanol–water partition coefficient (Wildman–Crippen LogP) is 4.16. The van der Waals surface area contributed by atoms with E-state index in [1.54, 1.807) is 13.0 Å². The summed E-state index contributed by atoms with van der Waals surface area (Å²) in [5.74, 6) is -0.784. The Balaban J connectivity index is 2.18. The lowest BCUT2D eigenvalue weighted by Gasteiger charge is -2.08. The number of rotatable bonds is 5. The van der Waals surface area contributed by atoms with Gasteiger partial charge in [0, 0.05) is 12.0 Å². The third-order valence-corrected chi connectivity index (χ3v) is 3.04. The maximum Gasteiger partial charge on any atom is 0.387 e. The van der Waals surface area contributed by atoms with E-state index >= 15 is 0 Å². The van der Waals surface area contributed by atoms with Gasteiger partial charge in [-0.1, -0.05) is 18.2 Å². The molecule has 0 atom stereocenters. The Hall–Kier alpha value is -2.30. The molecule has 0 saturated carbocycles.